The molecule has 0 unspecified atom stereocenters. The summed E-state index contributed by atoms with van der Waals surface area (Å²) in [6.07, 6.45) is 9.15. The monoisotopic (exact) mass is 637 g/mol. The van der Waals surface area contributed by atoms with Crippen LogP contribution < -0.4 is 0 Å². The Kier molecular flexibility index (Phi) is 6.60. The maximum absolute atomic E-state index is 2.51. The van der Waals surface area contributed by atoms with Gasteiger partial charge in [-0.2, -0.15) is 0 Å². The summed E-state index contributed by atoms with van der Waals surface area (Å²) in [6, 6.07) is 63.1. The number of rotatable bonds is 5. The van der Waals surface area contributed by atoms with E-state index in [1.807, 2.05) is 0 Å². The molecule has 2 aliphatic rings. The summed E-state index contributed by atoms with van der Waals surface area (Å²) in [5.41, 5.74) is 16.0. The molecule has 236 valence electrons. The lowest BCUT2D eigenvalue weighted by atomic mass is 9.67. The van der Waals surface area contributed by atoms with Crippen LogP contribution in [0.1, 0.15) is 40.7 Å². The molecule has 1 heterocycles. The van der Waals surface area contributed by atoms with Gasteiger partial charge in [0.2, 0.25) is 0 Å². The van der Waals surface area contributed by atoms with Crippen LogP contribution in [0.4, 0.5) is 0 Å². The topological polar surface area (TPSA) is 4.93 Å². The fourth-order valence-corrected chi connectivity index (χ4v) is 8.71. The first-order chi connectivity index (χ1) is 24.8. The van der Waals surface area contributed by atoms with Crippen molar-refractivity contribution in [2.75, 3.05) is 0 Å². The number of hydrogen-bond acceptors (Lipinski definition) is 0. The van der Waals surface area contributed by atoms with Crippen LogP contribution in [0.5, 0.6) is 0 Å². The average Bonchev–Trinajstić information content (AvgIpc) is 3.68. The zero-order chi connectivity index (χ0) is 33.1. The largest absolute Gasteiger partial charge is 0.309 e. The normalized spacial score (nSPS) is 14.4. The van der Waals surface area contributed by atoms with E-state index in [9.17, 15) is 0 Å². The zero-order valence-corrected chi connectivity index (χ0v) is 27.8. The van der Waals surface area contributed by atoms with Gasteiger partial charge in [0.25, 0.3) is 0 Å². The molecule has 0 N–H and O–H groups in total. The molecule has 8 aromatic rings. The Morgan fingerprint density at radius 2 is 1.10 bits per heavy atom. The van der Waals surface area contributed by atoms with Gasteiger partial charge in [0, 0.05) is 16.5 Å². The molecule has 1 heteroatoms. The molecule has 7 aromatic carbocycles. The molecular weight excluding hydrogens is 603 g/mol. The molecule has 2 aliphatic carbocycles. The molecule has 10 rings (SSSR count). The van der Waals surface area contributed by atoms with Gasteiger partial charge < -0.3 is 4.57 Å². The molecule has 0 bridgehead atoms. The Morgan fingerprint density at radius 3 is 1.84 bits per heavy atom. The number of allylic oxidation sites excluding steroid dienone is 4. The standard InChI is InChI=1S/C49H35N/c1-5-17-34(18-6-1)36-29-37(35-19-7-2-8-20-35)31-40(30-36)50-47-28-16-14-26-42(47)44-32-43-41-25-13-15-27-45(41)49(46(43)33-48(44)50,38-21-9-3-10-22-38)39-23-11-4-12-24-39/h1,3-7,9-33H,2,8H2. The average molecular weight is 638 g/mol. The molecule has 1 aromatic heterocycles. The third kappa shape index (κ3) is 4.27. The van der Waals surface area contributed by atoms with Gasteiger partial charge in [-0.1, -0.05) is 152 Å². The Balaban J connectivity index is 1.33. The number of aromatic nitrogens is 1. The second-order valence-electron chi connectivity index (χ2n) is 13.6. The third-order valence-corrected chi connectivity index (χ3v) is 10.9. The number of benzene rings is 7. The van der Waals surface area contributed by atoms with E-state index in [-0.39, 0.29) is 0 Å². The van der Waals surface area contributed by atoms with Gasteiger partial charge in [-0.15, -0.1) is 0 Å². The van der Waals surface area contributed by atoms with Crippen LogP contribution in [-0.4, -0.2) is 4.57 Å². The number of para-hydroxylation sites is 1. The predicted molar refractivity (Wildman–Crippen MR) is 210 cm³/mol. The van der Waals surface area contributed by atoms with Crippen LogP contribution in [0, 0.1) is 0 Å². The Hall–Kier alpha value is -6.18. The molecule has 0 fully saturated rings. The van der Waals surface area contributed by atoms with Gasteiger partial charge in [-0.05, 0) is 105 Å². The van der Waals surface area contributed by atoms with E-state index >= 15 is 0 Å². The van der Waals surface area contributed by atoms with Crippen molar-refractivity contribution in [2.45, 2.75) is 18.3 Å². The van der Waals surface area contributed by atoms with Gasteiger partial charge in [-0.25, -0.2) is 0 Å². The second-order valence-corrected chi connectivity index (χ2v) is 13.6. The minimum absolute atomic E-state index is 0.460. The van der Waals surface area contributed by atoms with Crippen molar-refractivity contribution >= 4 is 27.4 Å². The van der Waals surface area contributed by atoms with Crippen molar-refractivity contribution in [1.29, 1.82) is 0 Å². The molecule has 0 spiro atoms. The van der Waals surface area contributed by atoms with E-state index in [4.69, 9.17) is 0 Å². The molecule has 0 saturated carbocycles. The first-order valence-electron chi connectivity index (χ1n) is 17.7. The number of hydrogen-bond donors (Lipinski definition) is 0. The minimum Gasteiger partial charge on any atom is -0.309 e. The van der Waals surface area contributed by atoms with Crippen molar-refractivity contribution in [1.82, 2.24) is 4.57 Å². The summed E-state index contributed by atoms with van der Waals surface area (Å²) in [5, 5.41) is 2.54. The van der Waals surface area contributed by atoms with Crippen molar-refractivity contribution < 1.29 is 0 Å². The van der Waals surface area contributed by atoms with Crippen LogP contribution in [0.15, 0.2) is 188 Å². The lowest BCUT2D eigenvalue weighted by Gasteiger charge is -2.34. The molecule has 50 heavy (non-hydrogen) atoms. The maximum Gasteiger partial charge on any atom is 0.0714 e. The summed E-state index contributed by atoms with van der Waals surface area (Å²) in [5.74, 6) is 0. The maximum atomic E-state index is 2.51. The van der Waals surface area contributed by atoms with E-state index in [2.05, 4.69) is 193 Å². The predicted octanol–water partition coefficient (Wildman–Crippen LogP) is 12.5. The van der Waals surface area contributed by atoms with E-state index in [1.165, 1.54) is 83.1 Å². The Morgan fingerprint density at radius 1 is 0.440 bits per heavy atom. The molecule has 0 aliphatic heterocycles. The van der Waals surface area contributed by atoms with Crippen molar-refractivity contribution in [3.8, 4) is 27.9 Å². The van der Waals surface area contributed by atoms with Crippen LogP contribution in [0.3, 0.4) is 0 Å². The summed E-state index contributed by atoms with van der Waals surface area (Å²) in [6.45, 7) is 0. The lowest BCUT2D eigenvalue weighted by molar-refractivity contribution is 0.769. The Labute approximate surface area is 293 Å². The van der Waals surface area contributed by atoms with Crippen LogP contribution in [-0.2, 0) is 5.41 Å². The second kappa shape index (κ2) is 11.5. The Bertz CT molecular complexity index is 2580. The fraction of sp³-hybridized carbons (Fsp3) is 0.0612. The van der Waals surface area contributed by atoms with Crippen molar-refractivity contribution in [3.63, 3.8) is 0 Å². The third-order valence-electron chi connectivity index (χ3n) is 10.9. The molecule has 0 radical (unpaired) electrons. The highest BCUT2D eigenvalue weighted by atomic mass is 15.0. The van der Waals surface area contributed by atoms with Gasteiger partial charge in [0.15, 0.2) is 0 Å². The van der Waals surface area contributed by atoms with Gasteiger partial charge in [0.1, 0.15) is 0 Å². The lowest BCUT2D eigenvalue weighted by Crippen LogP contribution is -2.28. The quantitative estimate of drug-likeness (QED) is 0.177. The highest BCUT2D eigenvalue weighted by Gasteiger charge is 2.46. The first kappa shape index (κ1) is 28.8. The molecular formula is C49H35N. The highest BCUT2D eigenvalue weighted by molar-refractivity contribution is 6.12. The van der Waals surface area contributed by atoms with Crippen molar-refractivity contribution in [2.24, 2.45) is 0 Å². The minimum atomic E-state index is -0.460. The SMILES string of the molecule is C1=CC(c2cc(-c3ccccc3)cc(-n3c4ccccc4c4cc5c(cc43)C(c3ccccc3)(c3ccccc3)c3ccccc3-5)c2)=CCC1. The van der Waals surface area contributed by atoms with Crippen molar-refractivity contribution in [3.05, 3.63) is 216 Å². The van der Waals surface area contributed by atoms with Crippen LogP contribution in [0.25, 0.3) is 55.3 Å². The van der Waals surface area contributed by atoms with E-state index in [0.29, 0.717) is 0 Å². The molecule has 0 saturated heterocycles. The summed E-state index contributed by atoms with van der Waals surface area (Å²) >= 11 is 0. The van der Waals surface area contributed by atoms with E-state index in [0.717, 1.165) is 12.8 Å². The molecule has 0 amide bonds. The number of nitrogens with zero attached hydrogens (tertiary/aromatic N) is 1. The highest BCUT2D eigenvalue weighted by Crippen LogP contribution is 2.57. The van der Waals surface area contributed by atoms with Crippen LogP contribution >= 0.6 is 0 Å². The smallest absolute Gasteiger partial charge is 0.0714 e. The summed E-state index contributed by atoms with van der Waals surface area (Å²) in [4.78, 5) is 0. The first-order valence-corrected chi connectivity index (χ1v) is 17.7. The van der Waals surface area contributed by atoms with Gasteiger partial charge in [-0.3, -0.25) is 0 Å². The summed E-state index contributed by atoms with van der Waals surface area (Å²) in [7, 11) is 0. The van der Waals surface area contributed by atoms with Gasteiger partial charge in [0.05, 0.1) is 16.4 Å². The van der Waals surface area contributed by atoms with E-state index < -0.39 is 5.41 Å². The van der Waals surface area contributed by atoms with E-state index in [1.54, 1.807) is 0 Å². The van der Waals surface area contributed by atoms with Crippen LogP contribution in [0.2, 0.25) is 0 Å². The number of fused-ring (bicyclic) bond motifs is 6. The zero-order valence-electron chi connectivity index (χ0n) is 27.8. The summed E-state index contributed by atoms with van der Waals surface area (Å²) < 4.78 is 2.51. The van der Waals surface area contributed by atoms with Gasteiger partial charge >= 0.3 is 0 Å². The molecule has 0 atom stereocenters. The fourth-order valence-electron chi connectivity index (χ4n) is 8.71. The molecule has 1 nitrogen and oxygen atoms in total.